The van der Waals surface area contributed by atoms with Gasteiger partial charge in [0.15, 0.2) is 0 Å². The molecule has 0 saturated carbocycles. The van der Waals surface area contributed by atoms with Gasteiger partial charge in [0.05, 0.1) is 0 Å². The second-order valence-electron chi connectivity index (χ2n) is 6.63. The van der Waals surface area contributed by atoms with E-state index in [9.17, 15) is 14.0 Å². The summed E-state index contributed by atoms with van der Waals surface area (Å²) in [6.07, 6.45) is 2.35. The highest BCUT2D eigenvalue weighted by molar-refractivity contribution is 5.95. The first-order valence-corrected chi connectivity index (χ1v) is 9.26. The molecule has 5 nitrogen and oxygen atoms in total. The summed E-state index contributed by atoms with van der Waals surface area (Å²) in [6, 6.07) is 14.6. The summed E-state index contributed by atoms with van der Waals surface area (Å²) < 4.78 is 13.1. The Labute approximate surface area is 158 Å². The number of likely N-dealkylation sites (tertiary alicyclic amines) is 1. The van der Waals surface area contributed by atoms with Crippen LogP contribution in [0.5, 0.6) is 0 Å². The van der Waals surface area contributed by atoms with Crippen molar-refractivity contribution in [3.63, 3.8) is 0 Å². The van der Waals surface area contributed by atoms with Gasteiger partial charge in [0.1, 0.15) is 11.9 Å². The predicted octanol–water partition coefficient (Wildman–Crippen LogP) is 3.11. The fourth-order valence-corrected chi connectivity index (χ4v) is 3.21. The molecule has 0 bridgehead atoms. The molecule has 0 radical (unpaired) electrons. The number of carbonyl (C=O) groups is 2. The zero-order valence-corrected chi connectivity index (χ0v) is 15.2. The van der Waals surface area contributed by atoms with Crippen molar-refractivity contribution in [3.05, 3.63) is 66.0 Å². The second kappa shape index (κ2) is 9.28. The van der Waals surface area contributed by atoms with Crippen LogP contribution < -0.4 is 10.6 Å². The topological polar surface area (TPSA) is 61.4 Å². The van der Waals surface area contributed by atoms with Crippen LogP contribution in [0.1, 0.15) is 30.9 Å². The average Bonchev–Trinajstić information content (AvgIpc) is 3.09. The molecular formula is C21H24FN3O2. The van der Waals surface area contributed by atoms with E-state index in [-0.39, 0.29) is 17.6 Å². The summed E-state index contributed by atoms with van der Waals surface area (Å²) in [6.45, 7) is 2.14. The van der Waals surface area contributed by atoms with E-state index in [1.54, 1.807) is 0 Å². The zero-order chi connectivity index (χ0) is 19.1. The van der Waals surface area contributed by atoms with Gasteiger partial charge in [-0.15, -0.1) is 0 Å². The molecule has 1 atom stereocenters. The van der Waals surface area contributed by atoms with Gasteiger partial charge in [-0.05, 0) is 49.2 Å². The number of amides is 2. The fraction of sp³-hybridized carbons (Fsp3) is 0.333. The van der Waals surface area contributed by atoms with Crippen molar-refractivity contribution in [2.24, 2.45) is 0 Å². The SMILES string of the molecule is O=C(Nc1ccc(F)cc1)[C@H](NCCCN1CCCC1=O)c1ccccc1. The zero-order valence-electron chi connectivity index (χ0n) is 15.2. The van der Waals surface area contributed by atoms with Gasteiger partial charge < -0.3 is 15.5 Å². The fourth-order valence-electron chi connectivity index (χ4n) is 3.21. The third kappa shape index (κ3) is 5.37. The first kappa shape index (κ1) is 19.0. The Morgan fingerprint density at radius 3 is 2.52 bits per heavy atom. The third-order valence-electron chi connectivity index (χ3n) is 4.63. The van der Waals surface area contributed by atoms with E-state index < -0.39 is 6.04 Å². The molecule has 0 spiro atoms. The van der Waals surface area contributed by atoms with Gasteiger partial charge in [-0.3, -0.25) is 9.59 Å². The predicted molar refractivity (Wildman–Crippen MR) is 103 cm³/mol. The highest BCUT2D eigenvalue weighted by Gasteiger charge is 2.22. The van der Waals surface area contributed by atoms with Crippen molar-refractivity contribution in [2.75, 3.05) is 25.0 Å². The smallest absolute Gasteiger partial charge is 0.246 e. The minimum absolute atomic E-state index is 0.204. The molecule has 2 aromatic carbocycles. The highest BCUT2D eigenvalue weighted by Crippen LogP contribution is 2.17. The van der Waals surface area contributed by atoms with Crippen LogP contribution >= 0.6 is 0 Å². The summed E-state index contributed by atoms with van der Waals surface area (Å²) in [5.74, 6) is -0.337. The quantitative estimate of drug-likeness (QED) is 0.703. The molecule has 2 N–H and O–H groups in total. The number of carbonyl (C=O) groups excluding carboxylic acids is 2. The van der Waals surface area contributed by atoms with Gasteiger partial charge >= 0.3 is 0 Å². The highest BCUT2D eigenvalue weighted by atomic mass is 19.1. The van der Waals surface area contributed by atoms with Crippen LogP contribution in [-0.2, 0) is 9.59 Å². The molecular weight excluding hydrogens is 345 g/mol. The number of nitrogens with zero attached hydrogens (tertiary/aromatic N) is 1. The number of halogens is 1. The lowest BCUT2D eigenvalue weighted by atomic mass is 10.1. The first-order chi connectivity index (χ1) is 13.1. The van der Waals surface area contributed by atoms with Crippen molar-refractivity contribution in [1.82, 2.24) is 10.2 Å². The molecule has 3 rings (SSSR count). The van der Waals surface area contributed by atoms with Crippen molar-refractivity contribution < 1.29 is 14.0 Å². The van der Waals surface area contributed by atoms with Crippen molar-refractivity contribution in [3.8, 4) is 0 Å². The van der Waals surface area contributed by atoms with E-state index in [1.807, 2.05) is 35.2 Å². The first-order valence-electron chi connectivity index (χ1n) is 9.26. The van der Waals surface area contributed by atoms with Gasteiger partial charge in [-0.2, -0.15) is 0 Å². The van der Waals surface area contributed by atoms with Gasteiger partial charge in [0.25, 0.3) is 0 Å². The summed E-state index contributed by atoms with van der Waals surface area (Å²) >= 11 is 0. The van der Waals surface area contributed by atoms with Crippen LogP contribution in [-0.4, -0.2) is 36.3 Å². The molecule has 2 amide bonds. The lowest BCUT2D eigenvalue weighted by Crippen LogP contribution is -2.35. The van der Waals surface area contributed by atoms with Crippen LogP contribution in [0, 0.1) is 5.82 Å². The molecule has 1 aliphatic rings. The summed E-state index contributed by atoms with van der Waals surface area (Å²) in [5.41, 5.74) is 1.40. The van der Waals surface area contributed by atoms with E-state index in [2.05, 4.69) is 10.6 Å². The Balaban J connectivity index is 1.59. The molecule has 27 heavy (non-hydrogen) atoms. The number of nitrogens with one attached hydrogen (secondary N) is 2. The molecule has 2 aromatic rings. The van der Waals surface area contributed by atoms with E-state index in [1.165, 1.54) is 24.3 Å². The Bertz CT molecular complexity index is 765. The van der Waals surface area contributed by atoms with Crippen molar-refractivity contribution >= 4 is 17.5 Å². The van der Waals surface area contributed by atoms with Gasteiger partial charge in [-0.25, -0.2) is 4.39 Å². The molecule has 1 heterocycles. The summed E-state index contributed by atoms with van der Waals surface area (Å²) in [5, 5.41) is 6.11. The van der Waals surface area contributed by atoms with Gasteiger partial charge in [0, 0.05) is 25.2 Å². The maximum absolute atomic E-state index is 13.1. The number of anilines is 1. The van der Waals surface area contributed by atoms with Gasteiger partial charge in [0.2, 0.25) is 11.8 Å². The molecule has 1 saturated heterocycles. The third-order valence-corrected chi connectivity index (χ3v) is 4.63. The second-order valence-corrected chi connectivity index (χ2v) is 6.63. The maximum Gasteiger partial charge on any atom is 0.246 e. The minimum atomic E-state index is -0.523. The Kier molecular flexibility index (Phi) is 6.54. The number of benzene rings is 2. The average molecular weight is 369 g/mol. The molecule has 1 aliphatic heterocycles. The van der Waals surface area contributed by atoms with Gasteiger partial charge in [-0.1, -0.05) is 30.3 Å². The molecule has 1 fully saturated rings. The molecule has 6 heteroatoms. The Morgan fingerprint density at radius 1 is 1.11 bits per heavy atom. The lowest BCUT2D eigenvalue weighted by Gasteiger charge is -2.20. The number of hydrogen-bond donors (Lipinski definition) is 2. The lowest BCUT2D eigenvalue weighted by molar-refractivity contribution is -0.127. The van der Waals surface area contributed by atoms with Crippen LogP contribution in [0.25, 0.3) is 0 Å². The van der Waals surface area contributed by atoms with E-state index in [0.29, 0.717) is 25.2 Å². The Morgan fingerprint density at radius 2 is 1.85 bits per heavy atom. The van der Waals surface area contributed by atoms with Crippen molar-refractivity contribution in [2.45, 2.75) is 25.3 Å². The van der Waals surface area contributed by atoms with E-state index in [4.69, 9.17) is 0 Å². The van der Waals surface area contributed by atoms with E-state index >= 15 is 0 Å². The Hall–Kier alpha value is -2.73. The standard InChI is InChI=1S/C21H24FN3O2/c22-17-9-11-18(12-10-17)24-21(27)20(16-6-2-1-3-7-16)23-13-5-15-25-14-4-8-19(25)26/h1-3,6-7,9-12,20,23H,4-5,8,13-15H2,(H,24,27)/t20-/m1/s1. The molecule has 0 unspecified atom stereocenters. The maximum atomic E-state index is 13.1. The van der Waals surface area contributed by atoms with Crippen LogP contribution in [0.4, 0.5) is 10.1 Å². The number of hydrogen-bond acceptors (Lipinski definition) is 3. The monoisotopic (exact) mass is 369 g/mol. The molecule has 142 valence electrons. The molecule has 0 aliphatic carbocycles. The molecule has 0 aromatic heterocycles. The number of rotatable bonds is 8. The normalized spacial score (nSPS) is 15.0. The van der Waals surface area contributed by atoms with Crippen LogP contribution in [0.15, 0.2) is 54.6 Å². The summed E-state index contributed by atoms with van der Waals surface area (Å²) in [7, 11) is 0. The van der Waals surface area contributed by atoms with Crippen LogP contribution in [0.2, 0.25) is 0 Å². The van der Waals surface area contributed by atoms with Crippen LogP contribution in [0.3, 0.4) is 0 Å². The summed E-state index contributed by atoms with van der Waals surface area (Å²) in [4.78, 5) is 26.3. The van der Waals surface area contributed by atoms with E-state index in [0.717, 1.165) is 24.9 Å². The van der Waals surface area contributed by atoms with Crippen molar-refractivity contribution in [1.29, 1.82) is 0 Å². The largest absolute Gasteiger partial charge is 0.343 e. The minimum Gasteiger partial charge on any atom is -0.343 e.